The predicted octanol–water partition coefficient (Wildman–Crippen LogP) is 1.99. The van der Waals surface area contributed by atoms with Gasteiger partial charge in [0.15, 0.2) is 5.82 Å². The molecule has 0 aliphatic heterocycles. The molecule has 0 radical (unpaired) electrons. The van der Waals surface area contributed by atoms with Crippen molar-refractivity contribution in [2.24, 2.45) is 0 Å². The molecular formula is C17H15N5O. The van der Waals surface area contributed by atoms with Gasteiger partial charge in [-0.25, -0.2) is 9.67 Å². The van der Waals surface area contributed by atoms with Gasteiger partial charge in [0.2, 0.25) is 5.91 Å². The number of hydrogen-bond acceptors (Lipinski definition) is 4. The predicted molar refractivity (Wildman–Crippen MR) is 86.5 cm³/mol. The minimum Gasteiger partial charge on any atom is -0.348 e. The van der Waals surface area contributed by atoms with E-state index in [0.717, 1.165) is 11.1 Å². The highest BCUT2D eigenvalue weighted by Gasteiger charge is 2.06. The van der Waals surface area contributed by atoms with E-state index in [9.17, 15) is 4.79 Å². The fraction of sp³-hybridized carbons (Fsp3) is 0.0588. The first-order chi connectivity index (χ1) is 11.3. The Morgan fingerprint density at radius 2 is 2.09 bits per heavy atom. The maximum absolute atomic E-state index is 11.9. The molecule has 0 aliphatic rings. The second-order valence-electron chi connectivity index (χ2n) is 4.77. The van der Waals surface area contributed by atoms with E-state index in [0.29, 0.717) is 12.4 Å². The van der Waals surface area contributed by atoms with Crippen LogP contribution in [0.3, 0.4) is 0 Å². The molecule has 0 fully saturated rings. The normalized spacial score (nSPS) is 10.8. The first-order valence-corrected chi connectivity index (χ1v) is 7.13. The molecule has 3 aromatic rings. The molecule has 6 nitrogen and oxygen atoms in total. The van der Waals surface area contributed by atoms with Gasteiger partial charge in [0, 0.05) is 49.2 Å². The lowest BCUT2D eigenvalue weighted by molar-refractivity contribution is -0.116. The third-order valence-corrected chi connectivity index (χ3v) is 3.15. The molecule has 3 heterocycles. The summed E-state index contributed by atoms with van der Waals surface area (Å²) in [6.07, 6.45) is 11.8. The van der Waals surface area contributed by atoms with Crippen LogP contribution >= 0.6 is 0 Å². The Bertz CT molecular complexity index is 797. The van der Waals surface area contributed by atoms with Crippen molar-refractivity contribution < 1.29 is 4.79 Å². The highest BCUT2D eigenvalue weighted by molar-refractivity contribution is 5.91. The monoisotopic (exact) mass is 305 g/mol. The largest absolute Gasteiger partial charge is 0.348 e. The zero-order valence-corrected chi connectivity index (χ0v) is 12.3. The zero-order chi connectivity index (χ0) is 15.9. The van der Waals surface area contributed by atoms with E-state index in [4.69, 9.17) is 0 Å². The quantitative estimate of drug-likeness (QED) is 0.732. The van der Waals surface area contributed by atoms with Crippen molar-refractivity contribution in [1.82, 2.24) is 25.1 Å². The van der Waals surface area contributed by atoms with Crippen molar-refractivity contribution >= 4 is 12.0 Å². The zero-order valence-electron chi connectivity index (χ0n) is 12.3. The van der Waals surface area contributed by atoms with Gasteiger partial charge < -0.3 is 5.32 Å². The van der Waals surface area contributed by atoms with Gasteiger partial charge in [-0.05, 0) is 29.8 Å². The summed E-state index contributed by atoms with van der Waals surface area (Å²) in [5, 5.41) is 7.02. The van der Waals surface area contributed by atoms with Crippen LogP contribution in [0.1, 0.15) is 11.1 Å². The van der Waals surface area contributed by atoms with Crippen LogP contribution < -0.4 is 5.32 Å². The summed E-state index contributed by atoms with van der Waals surface area (Å²) >= 11 is 0. The average molecular weight is 305 g/mol. The first kappa shape index (κ1) is 14.6. The molecule has 0 spiro atoms. The molecule has 1 N–H and O–H groups in total. The highest BCUT2D eigenvalue weighted by Crippen LogP contribution is 2.09. The molecule has 0 unspecified atom stereocenters. The molecule has 6 heteroatoms. The molecule has 0 bridgehead atoms. The molecule has 0 atom stereocenters. The Balaban J connectivity index is 1.65. The Morgan fingerprint density at radius 3 is 2.87 bits per heavy atom. The van der Waals surface area contributed by atoms with E-state index in [2.05, 4.69) is 20.4 Å². The van der Waals surface area contributed by atoms with Gasteiger partial charge in [-0.15, -0.1) is 0 Å². The van der Waals surface area contributed by atoms with Crippen LogP contribution in [0.4, 0.5) is 0 Å². The summed E-state index contributed by atoms with van der Waals surface area (Å²) in [4.78, 5) is 20.2. The molecule has 3 rings (SSSR count). The van der Waals surface area contributed by atoms with E-state index < -0.39 is 0 Å². The van der Waals surface area contributed by atoms with Crippen LogP contribution in [0.15, 0.2) is 67.4 Å². The molecule has 0 aliphatic carbocycles. The topological polar surface area (TPSA) is 72.7 Å². The smallest absolute Gasteiger partial charge is 0.244 e. The van der Waals surface area contributed by atoms with Gasteiger partial charge in [0.1, 0.15) is 0 Å². The standard InChI is InChI=1S/C17H15N5O/c23-16(7-6-14-4-1-8-18-12-14)20-13-15-5-2-9-19-17(15)22-11-3-10-21-22/h1-12H,13H2,(H,20,23)/b7-6-. The lowest BCUT2D eigenvalue weighted by Gasteiger charge is -2.08. The summed E-state index contributed by atoms with van der Waals surface area (Å²) in [5.41, 5.74) is 1.76. The third kappa shape index (κ3) is 3.88. The SMILES string of the molecule is O=C(/C=C\c1cccnc1)NCc1cccnc1-n1cccn1. The second kappa shape index (κ2) is 7.13. The van der Waals surface area contributed by atoms with Crippen molar-refractivity contribution in [2.45, 2.75) is 6.54 Å². The summed E-state index contributed by atoms with van der Waals surface area (Å²) in [5.74, 6) is 0.526. The molecule has 114 valence electrons. The van der Waals surface area contributed by atoms with Gasteiger partial charge >= 0.3 is 0 Å². The summed E-state index contributed by atoms with van der Waals surface area (Å²) < 4.78 is 1.67. The third-order valence-electron chi connectivity index (χ3n) is 3.15. The number of aromatic nitrogens is 4. The Labute approximate surface area is 133 Å². The maximum Gasteiger partial charge on any atom is 0.244 e. The van der Waals surface area contributed by atoms with E-state index in [-0.39, 0.29) is 5.91 Å². The van der Waals surface area contributed by atoms with Crippen LogP contribution in [0.5, 0.6) is 0 Å². The maximum atomic E-state index is 11.9. The number of carbonyl (C=O) groups excluding carboxylic acids is 1. The lowest BCUT2D eigenvalue weighted by Crippen LogP contribution is -2.21. The minimum absolute atomic E-state index is 0.177. The number of carbonyl (C=O) groups is 1. The molecule has 23 heavy (non-hydrogen) atoms. The molecule has 0 saturated carbocycles. The van der Waals surface area contributed by atoms with Gasteiger partial charge in [-0.2, -0.15) is 5.10 Å². The molecule has 1 amide bonds. The van der Waals surface area contributed by atoms with Crippen molar-refractivity contribution in [2.75, 3.05) is 0 Å². The van der Waals surface area contributed by atoms with Crippen LogP contribution in [0.2, 0.25) is 0 Å². The molecular weight excluding hydrogens is 290 g/mol. The average Bonchev–Trinajstić information content (AvgIpc) is 3.14. The van der Waals surface area contributed by atoms with Crippen LogP contribution in [-0.2, 0) is 11.3 Å². The Morgan fingerprint density at radius 1 is 1.17 bits per heavy atom. The van der Waals surface area contributed by atoms with Crippen molar-refractivity contribution in [1.29, 1.82) is 0 Å². The van der Waals surface area contributed by atoms with Crippen LogP contribution in [-0.4, -0.2) is 25.7 Å². The van der Waals surface area contributed by atoms with Gasteiger partial charge in [-0.1, -0.05) is 12.1 Å². The van der Waals surface area contributed by atoms with E-state index in [1.54, 1.807) is 35.5 Å². The van der Waals surface area contributed by atoms with Crippen molar-refractivity contribution in [3.8, 4) is 5.82 Å². The number of nitrogens with one attached hydrogen (secondary N) is 1. The number of nitrogens with zero attached hydrogens (tertiary/aromatic N) is 4. The molecule has 0 aromatic carbocycles. The Hall–Kier alpha value is -3.28. The summed E-state index contributed by atoms with van der Waals surface area (Å²) in [6, 6.07) is 9.28. The number of hydrogen-bond donors (Lipinski definition) is 1. The molecule has 3 aromatic heterocycles. The van der Waals surface area contributed by atoms with Crippen LogP contribution in [0.25, 0.3) is 11.9 Å². The molecule has 0 saturated heterocycles. The van der Waals surface area contributed by atoms with Crippen molar-refractivity contribution in [3.63, 3.8) is 0 Å². The van der Waals surface area contributed by atoms with Gasteiger partial charge in [0.25, 0.3) is 0 Å². The number of amides is 1. The van der Waals surface area contributed by atoms with E-state index in [1.165, 1.54) is 6.08 Å². The van der Waals surface area contributed by atoms with Crippen LogP contribution in [0, 0.1) is 0 Å². The van der Waals surface area contributed by atoms with E-state index >= 15 is 0 Å². The summed E-state index contributed by atoms with van der Waals surface area (Å²) in [7, 11) is 0. The first-order valence-electron chi connectivity index (χ1n) is 7.13. The summed E-state index contributed by atoms with van der Waals surface area (Å²) in [6.45, 7) is 0.374. The second-order valence-corrected chi connectivity index (χ2v) is 4.77. The highest BCUT2D eigenvalue weighted by atomic mass is 16.1. The van der Waals surface area contributed by atoms with Crippen molar-refractivity contribution in [3.05, 3.63) is 78.5 Å². The fourth-order valence-corrected chi connectivity index (χ4v) is 2.06. The minimum atomic E-state index is -0.177. The lowest BCUT2D eigenvalue weighted by atomic mass is 10.2. The Kier molecular flexibility index (Phi) is 4.54. The number of rotatable bonds is 5. The van der Waals surface area contributed by atoms with Gasteiger partial charge in [-0.3, -0.25) is 9.78 Å². The number of pyridine rings is 2. The van der Waals surface area contributed by atoms with Gasteiger partial charge in [0.05, 0.1) is 0 Å². The van der Waals surface area contributed by atoms with E-state index in [1.807, 2.05) is 36.5 Å². The fourth-order valence-electron chi connectivity index (χ4n) is 2.06.